The number of rotatable bonds is 0. The van der Waals surface area contributed by atoms with Gasteiger partial charge in [-0.25, -0.2) is 0 Å². The number of fused-ring (bicyclic) bond motifs is 1. The second-order valence-corrected chi connectivity index (χ2v) is 3.92. The van der Waals surface area contributed by atoms with Crippen molar-refractivity contribution >= 4 is 0 Å². The minimum Gasteiger partial charge on any atom is -0.389 e. The van der Waals surface area contributed by atoms with Crippen LogP contribution in [-0.2, 0) is 0 Å². The fourth-order valence-electron chi connectivity index (χ4n) is 2.43. The molecule has 1 heteroatoms. The Kier molecular flexibility index (Phi) is 1.76. The van der Waals surface area contributed by atoms with Crippen LogP contribution in [0.15, 0.2) is 12.2 Å². The third kappa shape index (κ3) is 1.22. The topological polar surface area (TPSA) is 20.2 Å². The summed E-state index contributed by atoms with van der Waals surface area (Å²) in [6, 6.07) is 0. The first-order chi connectivity index (χ1) is 5.31. The van der Waals surface area contributed by atoms with E-state index < -0.39 is 0 Å². The minimum absolute atomic E-state index is 0.312. The van der Waals surface area contributed by atoms with Crippen LogP contribution in [0, 0.1) is 5.92 Å². The molecular weight excluding hydrogens is 136 g/mol. The van der Waals surface area contributed by atoms with E-state index in [1.807, 2.05) is 0 Å². The predicted octanol–water partition coefficient (Wildman–Crippen LogP) is 2.26. The van der Waals surface area contributed by atoms with E-state index in [1.54, 1.807) is 0 Å². The van der Waals surface area contributed by atoms with Crippen molar-refractivity contribution < 1.29 is 5.11 Å². The van der Waals surface area contributed by atoms with Gasteiger partial charge < -0.3 is 5.11 Å². The van der Waals surface area contributed by atoms with E-state index in [0.29, 0.717) is 5.92 Å². The van der Waals surface area contributed by atoms with Crippen LogP contribution in [0.5, 0.6) is 0 Å². The molecule has 1 N–H and O–H groups in total. The highest BCUT2D eigenvalue weighted by Gasteiger charge is 2.37. The summed E-state index contributed by atoms with van der Waals surface area (Å²) in [6.07, 6.45) is 11.3. The molecule has 1 nitrogen and oxygen atoms in total. The van der Waals surface area contributed by atoms with E-state index >= 15 is 0 Å². The Bertz CT molecular complexity index is 174. The quantitative estimate of drug-likeness (QED) is 0.528. The van der Waals surface area contributed by atoms with Gasteiger partial charge in [0.1, 0.15) is 0 Å². The molecule has 1 saturated carbocycles. The fourth-order valence-corrected chi connectivity index (χ4v) is 2.43. The summed E-state index contributed by atoms with van der Waals surface area (Å²) in [5, 5.41) is 10.1. The summed E-state index contributed by atoms with van der Waals surface area (Å²) >= 11 is 0. The fraction of sp³-hybridized carbons (Fsp3) is 0.800. The Labute approximate surface area is 68.1 Å². The van der Waals surface area contributed by atoms with Crippen LogP contribution in [0.1, 0.15) is 38.5 Å². The molecule has 2 aliphatic rings. The lowest BCUT2D eigenvalue weighted by Crippen LogP contribution is -2.40. The molecule has 0 aromatic heterocycles. The zero-order chi connectivity index (χ0) is 7.73. The number of hydrogen-bond donors (Lipinski definition) is 1. The summed E-state index contributed by atoms with van der Waals surface area (Å²) in [4.78, 5) is 0. The first-order valence-electron chi connectivity index (χ1n) is 4.70. The molecule has 0 aromatic rings. The number of allylic oxidation sites excluding steroid dienone is 1. The lowest BCUT2D eigenvalue weighted by Gasteiger charge is -2.40. The summed E-state index contributed by atoms with van der Waals surface area (Å²) in [5.74, 6) is 0.477. The molecule has 0 radical (unpaired) electrons. The second kappa shape index (κ2) is 2.63. The van der Waals surface area contributed by atoms with Crippen molar-refractivity contribution in [1.82, 2.24) is 0 Å². The van der Waals surface area contributed by atoms with Gasteiger partial charge in [-0.2, -0.15) is 0 Å². The molecule has 2 aliphatic carbocycles. The van der Waals surface area contributed by atoms with Gasteiger partial charge in [0.25, 0.3) is 0 Å². The standard InChI is InChI=1S/C10H16O/c11-10-7-3-1-5-9(10)6-2-4-8-10/h1,5,9,11H,2-4,6-8H2/t9-,10+/m0/s1. The van der Waals surface area contributed by atoms with E-state index in [-0.39, 0.29) is 5.60 Å². The minimum atomic E-state index is -0.312. The maximum absolute atomic E-state index is 10.1. The first kappa shape index (κ1) is 7.35. The largest absolute Gasteiger partial charge is 0.389 e. The van der Waals surface area contributed by atoms with Gasteiger partial charge in [0, 0.05) is 5.92 Å². The lowest BCUT2D eigenvalue weighted by atomic mass is 9.70. The SMILES string of the molecule is O[C@@]12CCC=C[C@H]1CCCC2. The molecule has 0 unspecified atom stereocenters. The van der Waals surface area contributed by atoms with Gasteiger partial charge in [-0.1, -0.05) is 25.0 Å². The molecule has 0 spiro atoms. The van der Waals surface area contributed by atoms with Crippen LogP contribution < -0.4 is 0 Å². The maximum atomic E-state index is 10.1. The maximum Gasteiger partial charge on any atom is 0.0713 e. The van der Waals surface area contributed by atoms with Crippen molar-refractivity contribution in [3.05, 3.63) is 12.2 Å². The van der Waals surface area contributed by atoms with E-state index in [0.717, 1.165) is 19.3 Å². The summed E-state index contributed by atoms with van der Waals surface area (Å²) in [7, 11) is 0. The molecule has 62 valence electrons. The monoisotopic (exact) mass is 152 g/mol. The van der Waals surface area contributed by atoms with Crippen molar-refractivity contribution in [2.45, 2.75) is 44.1 Å². The summed E-state index contributed by atoms with van der Waals surface area (Å²) in [5.41, 5.74) is -0.312. The van der Waals surface area contributed by atoms with Gasteiger partial charge in [0.05, 0.1) is 5.60 Å². The first-order valence-corrected chi connectivity index (χ1v) is 4.70. The Morgan fingerprint density at radius 2 is 2.18 bits per heavy atom. The average molecular weight is 152 g/mol. The van der Waals surface area contributed by atoms with E-state index in [2.05, 4.69) is 12.2 Å². The third-order valence-electron chi connectivity index (χ3n) is 3.18. The van der Waals surface area contributed by atoms with Crippen LogP contribution in [0.25, 0.3) is 0 Å². The molecule has 2 atom stereocenters. The van der Waals surface area contributed by atoms with Crippen LogP contribution >= 0.6 is 0 Å². The average Bonchev–Trinajstić information content (AvgIpc) is 2.03. The smallest absolute Gasteiger partial charge is 0.0713 e. The van der Waals surface area contributed by atoms with Gasteiger partial charge in [0.2, 0.25) is 0 Å². The van der Waals surface area contributed by atoms with Gasteiger partial charge >= 0.3 is 0 Å². The van der Waals surface area contributed by atoms with Crippen LogP contribution in [0.2, 0.25) is 0 Å². The van der Waals surface area contributed by atoms with E-state index in [1.165, 1.54) is 19.3 Å². The summed E-state index contributed by atoms with van der Waals surface area (Å²) < 4.78 is 0. The second-order valence-electron chi connectivity index (χ2n) is 3.92. The highest BCUT2D eigenvalue weighted by atomic mass is 16.3. The van der Waals surface area contributed by atoms with Crippen molar-refractivity contribution in [2.24, 2.45) is 5.92 Å². The summed E-state index contributed by atoms with van der Waals surface area (Å²) in [6.45, 7) is 0. The van der Waals surface area contributed by atoms with Gasteiger partial charge in [-0.3, -0.25) is 0 Å². The molecule has 0 aliphatic heterocycles. The highest BCUT2D eigenvalue weighted by molar-refractivity contribution is 5.06. The number of hydrogen-bond acceptors (Lipinski definition) is 1. The Morgan fingerprint density at radius 1 is 1.27 bits per heavy atom. The molecule has 11 heavy (non-hydrogen) atoms. The van der Waals surface area contributed by atoms with Crippen LogP contribution in [-0.4, -0.2) is 10.7 Å². The molecule has 0 bridgehead atoms. The Morgan fingerprint density at radius 3 is 3.00 bits per heavy atom. The normalized spacial score (nSPS) is 43.5. The molecule has 2 rings (SSSR count). The van der Waals surface area contributed by atoms with Gasteiger partial charge in [-0.15, -0.1) is 0 Å². The van der Waals surface area contributed by atoms with Crippen molar-refractivity contribution in [3.63, 3.8) is 0 Å². The Balaban J connectivity index is 2.16. The van der Waals surface area contributed by atoms with E-state index in [9.17, 15) is 5.11 Å². The molecule has 0 saturated heterocycles. The Hall–Kier alpha value is -0.300. The zero-order valence-electron chi connectivity index (χ0n) is 6.92. The van der Waals surface area contributed by atoms with Crippen molar-refractivity contribution in [1.29, 1.82) is 0 Å². The third-order valence-corrected chi connectivity index (χ3v) is 3.18. The zero-order valence-corrected chi connectivity index (χ0v) is 6.92. The molecule has 0 amide bonds. The van der Waals surface area contributed by atoms with Gasteiger partial charge in [0.15, 0.2) is 0 Å². The van der Waals surface area contributed by atoms with E-state index in [4.69, 9.17) is 0 Å². The predicted molar refractivity (Wildman–Crippen MR) is 45.3 cm³/mol. The molecule has 0 aromatic carbocycles. The molecule has 1 fully saturated rings. The molecular formula is C10H16O. The van der Waals surface area contributed by atoms with Gasteiger partial charge in [-0.05, 0) is 25.7 Å². The number of aliphatic hydroxyl groups is 1. The lowest BCUT2D eigenvalue weighted by molar-refractivity contribution is -0.0403. The van der Waals surface area contributed by atoms with Crippen LogP contribution in [0.4, 0.5) is 0 Å². The van der Waals surface area contributed by atoms with Crippen molar-refractivity contribution in [3.8, 4) is 0 Å². The van der Waals surface area contributed by atoms with Crippen molar-refractivity contribution in [2.75, 3.05) is 0 Å². The van der Waals surface area contributed by atoms with Crippen LogP contribution in [0.3, 0.4) is 0 Å². The molecule has 0 heterocycles. The highest BCUT2D eigenvalue weighted by Crippen LogP contribution is 2.40.